The first-order valence-corrected chi connectivity index (χ1v) is 11.0. The molecule has 3 rings (SSSR count). The lowest BCUT2D eigenvalue weighted by Gasteiger charge is -2.10. The van der Waals surface area contributed by atoms with Crippen LogP contribution < -0.4 is 10.6 Å². The summed E-state index contributed by atoms with van der Waals surface area (Å²) in [5.41, 5.74) is 0.970. The van der Waals surface area contributed by atoms with Crippen molar-refractivity contribution in [3.63, 3.8) is 0 Å². The first-order chi connectivity index (χ1) is 15.7. The molecule has 0 aliphatic carbocycles. The predicted molar refractivity (Wildman–Crippen MR) is 120 cm³/mol. The number of carbonyl (C=O) groups excluding carboxylic acids is 2. The zero-order valence-corrected chi connectivity index (χ0v) is 18.8. The second kappa shape index (κ2) is 10.5. The van der Waals surface area contributed by atoms with E-state index >= 15 is 0 Å². The first-order valence-electron chi connectivity index (χ1n) is 10.0. The number of hydrogen-bond donors (Lipinski definition) is 2. The summed E-state index contributed by atoms with van der Waals surface area (Å²) < 4.78 is 40.3. The Labute approximate surface area is 192 Å². The summed E-state index contributed by atoms with van der Waals surface area (Å²) in [5.74, 6) is -0.283. The van der Waals surface area contributed by atoms with Crippen LogP contribution in [0.15, 0.2) is 53.7 Å². The summed E-state index contributed by atoms with van der Waals surface area (Å²) in [4.78, 5) is 24.6. The van der Waals surface area contributed by atoms with Crippen LogP contribution in [0.4, 0.5) is 24.5 Å². The lowest BCUT2D eigenvalue weighted by atomic mass is 10.2. The van der Waals surface area contributed by atoms with Gasteiger partial charge < -0.3 is 15.2 Å². The molecule has 0 aliphatic heterocycles. The molecule has 2 amide bonds. The van der Waals surface area contributed by atoms with Crippen LogP contribution >= 0.6 is 11.8 Å². The van der Waals surface area contributed by atoms with E-state index in [1.807, 2.05) is 38.1 Å². The molecule has 0 radical (unpaired) electrons. The maximum Gasteiger partial charge on any atom is 0.416 e. The van der Waals surface area contributed by atoms with Crippen LogP contribution in [0.5, 0.6) is 0 Å². The Balaban J connectivity index is 1.59. The number of carbonyl (C=O) groups is 2. The maximum atomic E-state index is 12.9. The highest BCUT2D eigenvalue weighted by Crippen LogP contribution is 2.30. The number of thioether (sulfide) groups is 1. The number of nitrogens with one attached hydrogen (secondary N) is 2. The molecule has 33 heavy (non-hydrogen) atoms. The largest absolute Gasteiger partial charge is 0.416 e. The van der Waals surface area contributed by atoms with Crippen molar-refractivity contribution in [1.29, 1.82) is 0 Å². The zero-order valence-electron chi connectivity index (χ0n) is 17.9. The van der Waals surface area contributed by atoms with Gasteiger partial charge in [-0.05, 0) is 44.2 Å². The molecule has 0 saturated carbocycles. The van der Waals surface area contributed by atoms with Gasteiger partial charge in [-0.25, -0.2) is 0 Å². The molecule has 1 aromatic heterocycles. The second-order valence-corrected chi connectivity index (χ2v) is 8.09. The van der Waals surface area contributed by atoms with Crippen molar-refractivity contribution >= 4 is 35.0 Å². The predicted octanol–water partition coefficient (Wildman–Crippen LogP) is 4.54. The molecule has 0 saturated heterocycles. The molecule has 0 fully saturated rings. The van der Waals surface area contributed by atoms with Crippen LogP contribution in [0.2, 0.25) is 0 Å². The fourth-order valence-electron chi connectivity index (χ4n) is 2.96. The van der Waals surface area contributed by atoms with Gasteiger partial charge in [0.25, 0.3) is 0 Å². The van der Waals surface area contributed by atoms with Crippen molar-refractivity contribution in [2.45, 2.75) is 38.1 Å². The van der Waals surface area contributed by atoms with Gasteiger partial charge in [0.05, 0.1) is 17.7 Å². The lowest BCUT2D eigenvalue weighted by molar-refractivity contribution is -0.137. The van der Waals surface area contributed by atoms with Gasteiger partial charge in [0.15, 0.2) is 5.16 Å². The minimum atomic E-state index is -4.50. The van der Waals surface area contributed by atoms with Gasteiger partial charge in [-0.15, -0.1) is 10.2 Å². The minimum absolute atomic E-state index is 0.0414. The molecule has 7 nitrogen and oxygen atoms in total. The number of halogens is 3. The molecular formula is C22H22F3N5O2S. The molecule has 174 valence electrons. The van der Waals surface area contributed by atoms with Gasteiger partial charge >= 0.3 is 6.18 Å². The summed E-state index contributed by atoms with van der Waals surface area (Å²) in [6.45, 7) is 4.26. The number of rotatable bonds is 8. The van der Waals surface area contributed by atoms with E-state index in [4.69, 9.17) is 0 Å². The maximum absolute atomic E-state index is 12.9. The molecular weight excluding hydrogens is 455 g/mol. The standard InChI is InChI=1S/C22H22F3N5O2S/c1-3-30-18(12-19(31)27-17-6-4-5-15(11-17)22(23,24)25)28-29-21(30)33-13-20(32)26-16-9-7-14(2)8-10-16/h4-11H,3,12-13H2,1-2H3,(H,26,32)(H,27,31). The second-order valence-electron chi connectivity index (χ2n) is 7.15. The Morgan fingerprint density at radius 2 is 1.70 bits per heavy atom. The van der Waals surface area contributed by atoms with Crippen LogP contribution in [0.1, 0.15) is 23.9 Å². The molecule has 0 aliphatic rings. The van der Waals surface area contributed by atoms with Crippen LogP contribution in [-0.4, -0.2) is 32.3 Å². The molecule has 0 unspecified atom stereocenters. The SMILES string of the molecule is CCn1c(CC(=O)Nc2cccc(C(F)(F)F)c2)nnc1SCC(=O)Nc1ccc(C)cc1. The van der Waals surface area contributed by atoms with Crippen molar-refractivity contribution in [2.24, 2.45) is 0 Å². The normalized spacial score (nSPS) is 11.3. The Kier molecular flexibility index (Phi) is 7.75. The smallest absolute Gasteiger partial charge is 0.326 e. The van der Waals surface area contributed by atoms with Gasteiger partial charge in [0.2, 0.25) is 11.8 Å². The summed E-state index contributed by atoms with van der Waals surface area (Å²) in [6, 6.07) is 11.8. The van der Waals surface area contributed by atoms with Gasteiger partial charge in [-0.2, -0.15) is 13.2 Å². The van der Waals surface area contributed by atoms with Gasteiger partial charge in [-0.1, -0.05) is 35.5 Å². The van der Waals surface area contributed by atoms with E-state index < -0.39 is 17.6 Å². The van der Waals surface area contributed by atoms with Crippen molar-refractivity contribution in [2.75, 3.05) is 16.4 Å². The highest BCUT2D eigenvalue weighted by atomic mass is 32.2. The van der Waals surface area contributed by atoms with Gasteiger partial charge in [0, 0.05) is 17.9 Å². The number of alkyl halides is 3. The number of amides is 2. The van der Waals surface area contributed by atoms with Crippen LogP contribution in [0.3, 0.4) is 0 Å². The minimum Gasteiger partial charge on any atom is -0.326 e. The topological polar surface area (TPSA) is 88.9 Å². The lowest BCUT2D eigenvalue weighted by Crippen LogP contribution is -2.18. The average Bonchev–Trinajstić information content (AvgIpc) is 3.14. The van der Waals surface area contributed by atoms with Gasteiger partial charge in [0.1, 0.15) is 5.82 Å². The highest BCUT2D eigenvalue weighted by Gasteiger charge is 2.30. The number of nitrogens with zero attached hydrogens (tertiary/aromatic N) is 3. The molecule has 1 heterocycles. The van der Waals surface area contributed by atoms with Crippen molar-refractivity contribution in [3.05, 3.63) is 65.5 Å². The third-order valence-electron chi connectivity index (χ3n) is 4.57. The van der Waals surface area contributed by atoms with Gasteiger partial charge in [-0.3, -0.25) is 9.59 Å². The number of aromatic nitrogens is 3. The fourth-order valence-corrected chi connectivity index (χ4v) is 3.78. The van der Waals surface area contributed by atoms with E-state index in [0.717, 1.165) is 17.7 Å². The fraction of sp³-hybridized carbons (Fsp3) is 0.273. The third kappa shape index (κ3) is 6.82. The Morgan fingerprint density at radius 3 is 2.36 bits per heavy atom. The molecule has 0 atom stereocenters. The van der Waals surface area contributed by atoms with E-state index in [-0.39, 0.29) is 23.8 Å². The Morgan fingerprint density at radius 1 is 1.00 bits per heavy atom. The quantitative estimate of drug-likeness (QED) is 0.465. The monoisotopic (exact) mass is 477 g/mol. The Hall–Kier alpha value is -3.34. The van der Waals surface area contributed by atoms with Crippen LogP contribution in [0.25, 0.3) is 0 Å². The third-order valence-corrected chi connectivity index (χ3v) is 5.54. The van der Waals surface area contributed by atoms with E-state index in [9.17, 15) is 22.8 Å². The molecule has 0 bridgehead atoms. The summed E-state index contributed by atoms with van der Waals surface area (Å²) in [5, 5.41) is 13.8. The number of benzene rings is 2. The average molecular weight is 478 g/mol. The summed E-state index contributed by atoms with van der Waals surface area (Å²) in [7, 11) is 0. The van der Waals surface area contributed by atoms with Crippen LogP contribution in [-0.2, 0) is 28.7 Å². The van der Waals surface area contributed by atoms with Crippen molar-refractivity contribution in [1.82, 2.24) is 14.8 Å². The number of hydrogen-bond acceptors (Lipinski definition) is 5. The van der Waals surface area contributed by atoms with Crippen molar-refractivity contribution < 1.29 is 22.8 Å². The zero-order chi connectivity index (χ0) is 24.0. The van der Waals surface area contributed by atoms with E-state index in [1.54, 1.807) is 4.57 Å². The first kappa shape index (κ1) is 24.3. The summed E-state index contributed by atoms with van der Waals surface area (Å²) >= 11 is 1.18. The van der Waals surface area contributed by atoms with Crippen molar-refractivity contribution in [3.8, 4) is 0 Å². The highest BCUT2D eigenvalue weighted by molar-refractivity contribution is 7.99. The van der Waals surface area contributed by atoms with E-state index in [1.165, 1.54) is 23.9 Å². The molecule has 11 heteroatoms. The number of anilines is 2. The molecule has 3 aromatic rings. The van der Waals surface area contributed by atoms with Crippen LogP contribution in [0, 0.1) is 6.92 Å². The molecule has 2 aromatic carbocycles. The number of aryl methyl sites for hydroxylation is 1. The van der Waals surface area contributed by atoms with E-state index in [0.29, 0.717) is 23.2 Å². The molecule has 2 N–H and O–H groups in total. The van der Waals surface area contributed by atoms with E-state index in [2.05, 4.69) is 20.8 Å². The summed E-state index contributed by atoms with van der Waals surface area (Å²) in [6.07, 6.45) is -4.67. The Bertz CT molecular complexity index is 1130. The molecule has 0 spiro atoms.